The maximum atomic E-state index is 4.85. The molecule has 0 bridgehead atoms. The zero-order chi connectivity index (χ0) is 20.8. The van der Waals surface area contributed by atoms with Crippen molar-refractivity contribution in [2.24, 2.45) is 0 Å². The zero-order valence-electron chi connectivity index (χ0n) is 17.1. The van der Waals surface area contributed by atoms with Gasteiger partial charge in [0, 0.05) is 55.7 Å². The van der Waals surface area contributed by atoms with Crippen LogP contribution in [0.5, 0.6) is 0 Å². The van der Waals surface area contributed by atoms with Gasteiger partial charge in [0.2, 0.25) is 0 Å². The van der Waals surface area contributed by atoms with E-state index in [-0.39, 0.29) is 0 Å². The molecule has 1 aliphatic rings. The summed E-state index contributed by atoms with van der Waals surface area (Å²) in [4.78, 5) is 26.0. The van der Waals surface area contributed by atoms with Crippen LogP contribution in [0.3, 0.4) is 0 Å². The van der Waals surface area contributed by atoms with E-state index >= 15 is 0 Å². The summed E-state index contributed by atoms with van der Waals surface area (Å²) in [5, 5.41) is 8.76. The summed E-state index contributed by atoms with van der Waals surface area (Å²) in [6.45, 7) is 4.02. The minimum absolute atomic E-state index is 0.786. The first-order chi connectivity index (χ1) is 15.3. The number of aromatic amines is 2. The molecule has 5 aromatic heterocycles. The predicted molar refractivity (Wildman–Crippen MR) is 120 cm³/mol. The molecule has 9 nitrogen and oxygen atoms in total. The molecule has 0 aliphatic carbocycles. The van der Waals surface area contributed by atoms with Crippen LogP contribution in [-0.4, -0.2) is 73.2 Å². The predicted octanol–water partition coefficient (Wildman–Crippen LogP) is 2.71. The summed E-state index contributed by atoms with van der Waals surface area (Å²) in [5.74, 6) is 1.02. The molecule has 0 unspecified atom stereocenters. The number of likely N-dealkylation sites (N-methyl/N-ethyl adjacent to an activating group) is 1. The normalized spacial score (nSPS) is 15.2. The smallest absolute Gasteiger partial charge is 0.138 e. The average molecular weight is 411 g/mol. The van der Waals surface area contributed by atoms with Crippen molar-refractivity contribution in [3.63, 3.8) is 0 Å². The number of piperazine rings is 1. The molecule has 2 N–H and O–H groups in total. The van der Waals surface area contributed by atoms with Gasteiger partial charge < -0.3 is 14.8 Å². The lowest BCUT2D eigenvalue weighted by atomic mass is 10.2. The molecule has 1 saturated heterocycles. The molecule has 0 amide bonds. The number of nitrogens with one attached hydrogen (secondary N) is 2. The number of anilines is 1. The molecule has 154 valence electrons. The van der Waals surface area contributed by atoms with Crippen LogP contribution >= 0.6 is 0 Å². The highest BCUT2D eigenvalue weighted by Gasteiger charge is 2.20. The molecule has 6 heterocycles. The monoisotopic (exact) mass is 411 g/mol. The van der Waals surface area contributed by atoms with Crippen molar-refractivity contribution in [3.8, 4) is 22.6 Å². The summed E-state index contributed by atoms with van der Waals surface area (Å²) < 4.78 is 0. The van der Waals surface area contributed by atoms with Crippen LogP contribution in [-0.2, 0) is 0 Å². The van der Waals surface area contributed by atoms with Gasteiger partial charge >= 0.3 is 0 Å². The number of hydrogen-bond donors (Lipinski definition) is 2. The molecule has 0 spiro atoms. The second-order valence-corrected chi connectivity index (χ2v) is 7.86. The quantitative estimate of drug-likeness (QED) is 0.471. The molecular formula is C22H21N9. The molecule has 5 aromatic rings. The van der Waals surface area contributed by atoms with Crippen LogP contribution in [0.1, 0.15) is 0 Å². The minimum atomic E-state index is 0.786. The first kappa shape index (κ1) is 18.0. The number of H-pyrrole nitrogens is 2. The van der Waals surface area contributed by atoms with Crippen molar-refractivity contribution in [2.75, 3.05) is 38.1 Å². The van der Waals surface area contributed by atoms with Gasteiger partial charge in [0.1, 0.15) is 23.4 Å². The Bertz CT molecular complexity index is 1360. The summed E-state index contributed by atoms with van der Waals surface area (Å²) in [7, 11) is 2.16. The number of pyridine rings is 2. The Labute approximate surface area is 178 Å². The molecule has 31 heavy (non-hydrogen) atoms. The van der Waals surface area contributed by atoms with Crippen LogP contribution in [0.25, 0.3) is 44.6 Å². The third kappa shape index (κ3) is 3.10. The van der Waals surface area contributed by atoms with E-state index in [1.807, 2.05) is 24.4 Å². The molecule has 1 aliphatic heterocycles. The largest absolute Gasteiger partial charge is 0.353 e. The van der Waals surface area contributed by atoms with Crippen LogP contribution < -0.4 is 4.90 Å². The first-order valence-electron chi connectivity index (χ1n) is 10.3. The second kappa shape index (κ2) is 7.13. The van der Waals surface area contributed by atoms with E-state index in [9.17, 15) is 0 Å². The lowest BCUT2D eigenvalue weighted by Crippen LogP contribution is -2.44. The highest BCUT2D eigenvalue weighted by Crippen LogP contribution is 2.32. The first-order valence-corrected chi connectivity index (χ1v) is 10.3. The number of nitrogens with zero attached hydrogens (tertiary/aromatic N) is 7. The van der Waals surface area contributed by atoms with Gasteiger partial charge in [-0.2, -0.15) is 5.10 Å². The summed E-state index contributed by atoms with van der Waals surface area (Å²) in [6.07, 6.45) is 6.90. The Morgan fingerprint density at radius 1 is 0.968 bits per heavy atom. The molecule has 0 radical (unpaired) electrons. The lowest BCUT2D eigenvalue weighted by molar-refractivity contribution is 0.312. The van der Waals surface area contributed by atoms with Crippen molar-refractivity contribution in [1.29, 1.82) is 0 Å². The fourth-order valence-corrected chi connectivity index (χ4v) is 4.12. The van der Waals surface area contributed by atoms with E-state index in [2.05, 4.69) is 48.1 Å². The highest BCUT2D eigenvalue weighted by molar-refractivity contribution is 5.98. The van der Waals surface area contributed by atoms with Crippen molar-refractivity contribution in [2.45, 2.75) is 0 Å². The van der Waals surface area contributed by atoms with Gasteiger partial charge in [0.15, 0.2) is 0 Å². The van der Waals surface area contributed by atoms with E-state index in [0.717, 1.165) is 76.6 Å². The van der Waals surface area contributed by atoms with Gasteiger partial charge in [-0.15, -0.1) is 0 Å². The van der Waals surface area contributed by atoms with E-state index < -0.39 is 0 Å². The molecule has 0 aromatic carbocycles. The number of rotatable bonds is 3. The average Bonchev–Trinajstić information content (AvgIpc) is 3.43. The molecule has 0 saturated carbocycles. The zero-order valence-corrected chi connectivity index (χ0v) is 17.1. The molecular weight excluding hydrogens is 390 g/mol. The minimum Gasteiger partial charge on any atom is -0.353 e. The van der Waals surface area contributed by atoms with E-state index in [0.29, 0.717) is 0 Å². The van der Waals surface area contributed by atoms with Crippen molar-refractivity contribution < 1.29 is 0 Å². The van der Waals surface area contributed by atoms with Gasteiger partial charge in [-0.25, -0.2) is 19.9 Å². The Balaban J connectivity index is 1.44. The molecule has 0 atom stereocenters. The lowest BCUT2D eigenvalue weighted by Gasteiger charge is -2.33. The van der Waals surface area contributed by atoms with Gasteiger partial charge in [0.25, 0.3) is 0 Å². The summed E-state index contributed by atoms with van der Waals surface area (Å²) in [5.41, 5.74) is 6.12. The fourth-order valence-electron chi connectivity index (χ4n) is 4.12. The number of fused-ring (bicyclic) bond motifs is 2. The Morgan fingerprint density at radius 3 is 2.65 bits per heavy atom. The maximum absolute atomic E-state index is 4.85. The van der Waals surface area contributed by atoms with Crippen LogP contribution in [0.2, 0.25) is 0 Å². The van der Waals surface area contributed by atoms with Crippen molar-refractivity contribution in [1.82, 2.24) is 40.0 Å². The summed E-state index contributed by atoms with van der Waals surface area (Å²) >= 11 is 0. The molecule has 6 rings (SSSR count). The third-order valence-corrected chi connectivity index (χ3v) is 5.85. The van der Waals surface area contributed by atoms with Crippen molar-refractivity contribution in [3.05, 3.63) is 49.2 Å². The van der Waals surface area contributed by atoms with Crippen LogP contribution in [0.4, 0.5) is 5.82 Å². The Kier molecular flexibility index (Phi) is 4.13. The molecule has 9 heteroatoms. The topological polar surface area (TPSA) is 103 Å². The Morgan fingerprint density at radius 2 is 1.81 bits per heavy atom. The Hall–Kier alpha value is -3.85. The standard InChI is InChI=1S/C22H21N9/c1-30-6-8-31(9-7-30)22-15-10-19(26-17(15)4-5-25-22)21-20-18(28-29-21)3-2-16(27-20)14-11-23-13-24-12-14/h2-5,10-13,26H,6-9H2,1H3,(H,28,29). The summed E-state index contributed by atoms with van der Waals surface area (Å²) in [6, 6.07) is 8.07. The van der Waals surface area contributed by atoms with Gasteiger partial charge in [-0.3, -0.25) is 5.10 Å². The highest BCUT2D eigenvalue weighted by atomic mass is 15.3. The van der Waals surface area contributed by atoms with E-state index in [1.54, 1.807) is 12.4 Å². The van der Waals surface area contributed by atoms with Gasteiger partial charge in [0.05, 0.1) is 22.4 Å². The maximum Gasteiger partial charge on any atom is 0.138 e. The van der Waals surface area contributed by atoms with Crippen LogP contribution in [0.15, 0.2) is 49.2 Å². The van der Waals surface area contributed by atoms with Crippen LogP contribution in [0, 0.1) is 0 Å². The van der Waals surface area contributed by atoms with E-state index in [1.165, 1.54) is 6.33 Å². The van der Waals surface area contributed by atoms with Gasteiger partial charge in [-0.1, -0.05) is 0 Å². The number of aromatic nitrogens is 7. The molecule has 1 fully saturated rings. The SMILES string of the molecule is CN1CCN(c2nccc3[nH]c(-c4n[nH]c5ccc(-c6cncnc6)nc45)cc23)CC1. The fraction of sp³-hybridized carbons (Fsp3) is 0.227. The third-order valence-electron chi connectivity index (χ3n) is 5.85. The van der Waals surface area contributed by atoms with Gasteiger partial charge in [-0.05, 0) is 31.3 Å². The second-order valence-electron chi connectivity index (χ2n) is 7.86. The number of hydrogen-bond acceptors (Lipinski definition) is 7. The van der Waals surface area contributed by atoms with Crippen molar-refractivity contribution >= 4 is 27.8 Å². The van der Waals surface area contributed by atoms with E-state index in [4.69, 9.17) is 9.97 Å².